The van der Waals surface area contributed by atoms with Gasteiger partial charge in [0.25, 0.3) is 0 Å². The van der Waals surface area contributed by atoms with E-state index in [1.807, 2.05) is 6.92 Å². The van der Waals surface area contributed by atoms with E-state index in [1.54, 1.807) is 6.92 Å². The largest absolute Gasteiger partial charge is 0.477 e. The minimum atomic E-state index is -0.967. The van der Waals surface area contributed by atoms with E-state index >= 15 is 0 Å². The fourth-order valence-corrected chi connectivity index (χ4v) is 3.56. The first-order chi connectivity index (χ1) is 9.98. The molecule has 0 saturated carbocycles. The molecule has 21 heavy (non-hydrogen) atoms. The van der Waals surface area contributed by atoms with Crippen molar-refractivity contribution in [2.24, 2.45) is 5.41 Å². The molecule has 0 spiro atoms. The Morgan fingerprint density at radius 1 is 1.43 bits per heavy atom. The monoisotopic (exact) mass is 311 g/mol. The third-order valence-corrected chi connectivity index (χ3v) is 5.30. The van der Waals surface area contributed by atoms with E-state index in [9.17, 15) is 9.59 Å². The first kappa shape index (κ1) is 15.9. The van der Waals surface area contributed by atoms with E-state index < -0.39 is 5.97 Å². The van der Waals surface area contributed by atoms with Gasteiger partial charge in [-0.15, -0.1) is 11.3 Å². The van der Waals surface area contributed by atoms with Crippen LogP contribution in [0.1, 0.15) is 46.6 Å². The Morgan fingerprint density at radius 2 is 2.10 bits per heavy atom. The summed E-state index contributed by atoms with van der Waals surface area (Å²) < 4.78 is 0. The molecular weight excluding hydrogens is 290 g/mol. The third kappa shape index (κ3) is 3.41. The van der Waals surface area contributed by atoms with Gasteiger partial charge in [-0.3, -0.25) is 4.79 Å². The highest BCUT2D eigenvalue weighted by atomic mass is 32.1. The van der Waals surface area contributed by atoms with Crippen LogP contribution in [0.4, 0.5) is 0 Å². The molecule has 1 saturated heterocycles. The Kier molecular flexibility index (Phi) is 4.95. The van der Waals surface area contributed by atoms with Crippen molar-refractivity contribution < 1.29 is 14.7 Å². The van der Waals surface area contributed by atoms with Crippen molar-refractivity contribution in [3.05, 3.63) is 15.6 Å². The number of nitrogens with zero attached hydrogens (tertiary/aromatic N) is 1. The van der Waals surface area contributed by atoms with Crippen LogP contribution < -0.4 is 10.6 Å². The first-order valence-electron chi connectivity index (χ1n) is 7.17. The molecule has 0 aromatic carbocycles. The summed E-state index contributed by atoms with van der Waals surface area (Å²) in [6.45, 7) is 5.74. The fraction of sp³-hybridized carbons (Fsp3) is 0.643. The second-order valence-electron chi connectivity index (χ2n) is 5.39. The highest BCUT2D eigenvalue weighted by Crippen LogP contribution is 2.32. The molecule has 1 aliphatic heterocycles. The van der Waals surface area contributed by atoms with Gasteiger partial charge in [0.2, 0.25) is 5.91 Å². The zero-order chi connectivity index (χ0) is 15.5. The van der Waals surface area contributed by atoms with Crippen LogP contribution in [0.2, 0.25) is 0 Å². The van der Waals surface area contributed by atoms with Crippen LogP contribution in [0.5, 0.6) is 0 Å². The number of hydrogen-bond donors (Lipinski definition) is 3. The maximum Gasteiger partial charge on any atom is 0.347 e. The lowest BCUT2D eigenvalue weighted by atomic mass is 9.76. The lowest BCUT2D eigenvalue weighted by Gasteiger charge is -2.35. The molecule has 3 N–H and O–H groups in total. The quantitative estimate of drug-likeness (QED) is 0.767. The molecule has 1 amide bonds. The van der Waals surface area contributed by atoms with Crippen LogP contribution >= 0.6 is 11.3 Å². The molecule has 0 radical (unpaired) electrons. The van der Waals surface area contributed by atoms with Gasteiger partial charge >= 0.3 is 5.97 Å². The minimum Gasteiger partial charge on any atom is -0.477 e. The molecule has 116 valence electrons. The molecule has 7 heteroatoms. The van der Waals surface area contributed by atoms with E-state index in [1.165, 1.54) is 0 Å². The maximum atomic E-state index is 12.5. The molecule has 0 aliphatic carbocycles. The Bertz CT molecular complexity index is 536. The molecule has 1 aromatic rings. The van der Waals surface area contributed by atoms with Gasteiger partial charge in [0, 0.05) is 0 Å². The third-order valence-electron chi connectivity index (χ3n) is 4.15. The van der Waals surface area contributed by atoms with Crippen LogP contribution in [0.15, 0.2) is 0 Å². The summed E-state index contributed by atoms with van der Waals surface area (Å²) >= 11 is 1.13. The number of nitrogens with one attached hydrogen (secondary N) is 2. The highest BCUT2D eigenvalue weighted by molar-refractivity contribution is 7.13. The molecular formula is C14H21N3O3S. The number of aromatic carboxylic acids is 1. The maximum absolute atomic E-state index is 12.5. The lowest BCUT2D eigenvalue weighted by molar-refractivity contribution is -0.133. The predicted molar refractivity (Wildman–Crippen MR) is 80.5 cm³/mol. The Hall–Kier alpha value is -1.47. The topological polar surface area (TPSA) is 91.3 Å². The number of aromatic nitrogens is 1. The zero-order valence-corrected chi connectivity index (χ0v) is 13.2. The van der Waals surface area contributed by atoms with Crippen LogP contribution in [-0.4, -0.2) is 35.1 Å². The normalized spacial score (nSPS) is 17.4. The van der Waals surface area contributed by atoms with Gasteiger partial charge in [0.05, 0.1) is 17.7 Å². The number of carbonyl (C=O) groups is 2. The van der Waals surface area contributed by atoms with Crippen molar-refractivity contribution in [3.63, 3.8) is 0 Å². The number of carboxylic acid groups (broad SMARTS) is 1. The van der Waals surface area contributed by atoms with Crippen LogP contribution in [0.3, 0.4) is 0 Å². The number of rotatable bonds is 5. The van der Waals surface area contributed by atoms with Crippen molar-refractivity contribution in [1.82, 2.24) is 15.6 Å². The van der Waals surface area contributed by atoms with E-state index in [2.05, 4.69) is 15.6 Å². The Balaban J connectivity index is 2.00. The second-order valence-corrected chi connectivity index (χ2v) is 6.48. The first-order valence-corrected chi connectivity index (χ1v) is 7.99. The minimum absolute atomic E-state index is 0.0521. The molecule has 1 fully saturated rings. The second kappa shape index (κ2) is 6.53. The number of amides is 1. The van der Waals surface area contributed by atoms with Crippen LogP contribution in [-0.2, 0) is 11.3 Å². The smallest absolute Gasteiger partial charge is 0.347 e. The molecule has 0 bridgehead atoms. The summed E-state index contributed by atoms with van der Waals surface area (Å²) in [6.07, 6.45) is 2.50. The molecule has 1 aliphatic rings. The van der Waals surface area contributed by atoms with E-state index in [0.29, 0.717) is 17.2 Å². The molecule has 0 unspecified atom stereocenters. The van der Waals surface area contributed by atoms with Gasteiger partial charge in [0.15, 0.2) is 0 Å². The standard InChI is InChI=1S/C14H21N3O3S/c1-3-14(4-6-15-7-5-14)13(20)16-8-10-17-9(2)11(21-10)12(18)19/h15H,3-8H2,1-2H3,(H,16,20)(H,18,19). The van der Waals surface area contributed by atoms with Gasteiger partial charge in [-0.1, -0.05) is 6.92 Å². The summed E-state index contributed by atoms with van der Waals surface area (Å²) in [5.74, 6) is -0.915. The molecule has 2 heterocycles. The summed E-state index contributed by atoms with van der Waals surface area (Å²) in [6, 6.07) is 0. The summed E-state index contributed by atoms with van der Waals surface area (Å²) in [5.41, 5.74) is 0.205. The number of aryl methyl sites for hydroxylation is 1. The van der Waals surface area contributed by atoms with Gasteiger partial charge in [-0.2, -0.15) is 0 Å². The summed E-state index contributed by atoms with van der Waals surface area (Å²) in [4.78, 5) is 27.9. The highest BCUT2D eigenvalue weighted by Gasteiger charge is 2.37. The number of carboxylic acids is 1. The summed E-state index contributed by atoms with van der Waals surface area (Å²) in [5, 5.41) is 15.9. The van der Waals surface area contributed by atoms with Gasteiger partial charge in [-0.25, -0.2) is 9.78 Å². The SMILES string of the molecule is CCC1(C(=O)NCc2nc(C)c(C(=O)O)s2)CCNCC1. The van der Waals surface area contributed by atoms with Gasteiger partial charge in [-0.05, 0) is 39.3 Å². The fourth-order valence-electron chi connectivity index (χ4n) is 2.72. The zero-order valence-electron chi connectivity index (χ0n) is 12.4. The number of carbonyl (C=O) groups excluding carboxylic acids is 1. The Labute approximate surface area is 128 Å². The van der Waals surface area contributed by atoms with Crippen molar-refractivity contribution in [2.45, 2.75) is 39.7 Å². The van der Waals surface area contributed by atoms with E-state index in [4.69, 9.17) is 5.11 Å². The van der Waals surface area contributed by atoms with Crippen LogP contribution in [0, 0.1) is 12.3 Å². The molecule has 1 aromatic heterocycles. The molecule has 2 rings (SSSR count). The van der Waals surface area contributed by atoms with Crippen molar-refractivity contribution in [3.8, 4) is 0 Å². The van der Waals surface area contributed by atoms with Crippen molar-refractivity contribution in [2.75, 3.05) is 13.1 Å². The van der Waals surface area contributed by atoms with E-state index in [-0.39, 0.29) is 16.2 Å². The predicted octanol–water partition coefficient (Wildman–Crippen LogP) is 1.55. The van der Waals surface area contributed by atoms with Gasteiger partial charge < -0.3 is 15.7 Å². The average molecular weight is 311 g/mol. The number of thiazole rings is 1. The van der Waals surface area contributed by atoms with Crippen molar-refractivity contribution in [1.29, 1.82) is 0 Å². The van der Waals surface area contributed by atoms with E-state index in [0.717, 1.165) is 43.7 Å². The average Bonchev–Trinajstić information content (AvgIpc) is 2.86. The molecule has 6 nitrogen and oxygen atoms in total. The van der Waals surface area contributed by atoms with Gasteiger partial charge in [0.1, 0.15) is 9.88 Å². The van der Waals surface area contributed by atoms with Crippen molar-refractivity contribution >= 4 is 23.2 Å². The lowest BCUT2D eigenvalue weighted by Crippen LogP contribution is -2.47. The number of piperidine rings is 1. The Morgan fingerprint density at radius 3 is 2.62 bits per heavy atom. The van der Waals surface area contributed by atoms with Crippen LogP contribution in [0.25, 0.3) is 0 Å². The summed E-state index contributed by atoms with van der Waals surface area (Å²) in [7, 11) is 0. The molecule has 0 atom stereocenters. The number of hydrogen-bond acceptors (Lipinski definition) is 5.